The zero-order chi connectivity index (χ0) is 36.6. The number of hydrogen-bond donors (Lipinski definition) is 0. The Morgan fingerprint density at radius 2 is 0.942 bits per heavy atom. The molecule has 7 rings (SSSR count). The van der Waals surface area contributed by atoms with Gasteiger partial charge in [-0.3, -0.25) is 14.8 Å². The quantitative estimate of drug-likeness (QED) is 0.0738. The fraction of sp³-hybridized carbons (Fsp3) is 0.0455. The Bertz CT molecular complexity index is 2240. The molecule has 0 fully saturated rings. The lowest BCUT2D eigenvalue weighted by Gasteiger charge is -2.28. The molecule has 52 heavy (non-hydrogen) atoms. The van der Waals surface area contributed by atoms with E-state index >= 15 is 0 Å². The summed E-state index contributed by atoms with van der Waals surface area (Å²) in [5, 5.41) is 5.45. The number of carbonyl (C=O) groups excluding carboxylic acids is 3. The Labute approximate surface area is 303 Å². The van der Waals surface area contributed by atoms with Crippen LogP contribution in [0.25, 0.3) is 27.9 Å². The average molecular weight is 705 g/mol. The van der Waals surface area contributed by atoms with Gasteiger partial charge in [0, 0.05) is 40.6 Å². The van der Waals surface area contributed by atoms with Gasteiger partial charge in [0.2, 0.25) is 0 Å². The molecule has 7 nitrogen and oxygen atoms in total. The SMILES string of the molecule is COC(=O)/C=C/c1cnc2ccccc2c1.COC(=O)C=P(c1ccccc1)(c1ccccc1)c1ccccc1.O=Cc1cnc2ccccc2c1. The molecule has 0 amide bonds. The summed E-state index contributed by atoms with van der Waals surface area (Å²) in [5.74, 6) is 1.10. The van der Waals surface area contributed by atoms with Crippen LogP contribution >= 0.6 is 6.89 Å². The van der Waals surface area contributed by atoms with Crippen molar-refractivity contribution in [1.29, 1.82) is 0 Å². The molecule has 0 spiro atoms. The molecule has 0 bridgehead atoms. The van der Waals surface area contributed by atoms with Crippen molar-refractivity contribution in [1.82, 2.24) is 9.97 Å². The Balaban J connectivity index is 0.000000161. The lowest BCUT2D eigenvalue weighted by atomic mass is 10.1. The number of benzene rings is 5. The van der Waals surface area contributed by atoms with Gasteiger partial charge in [-0.25, -0.2) is 9.59 Å². The summed E-state index contributed by atoms with van der Waals surface area (Å²) in [6.07, 6.45) is 7.17. The first-order valence-electron chi connectivity index (χ1n) is 16.4. The number of aldehydes is 1. The molecule has 0 N–H and O–H groups in total. The highest BCUT2D eigenvalue weighted by Gasteiger charge is 2.26. The van der Waals surface area contributed by atoms with Crippen molar-refractivity contribution in [3.63, 3.8) is 0 Å². The largest absolute Gasteiger partial charge is 0.466 e. The van der Waals surface area contributed by atoms with Crippen molar-refractivity contribution in [2.45, 2.75) is 0 Å². The van der Waals surface area contributed by atoms with E-state index in [0.29, 0.717) is 5.56 Å². The van der Waals surface area contributed by atoms with Crippen LogP contribution in [-0.4, -0.2) is 48.2 Å². The Kier molecular flexibility index (Phi) is 13.1. The number of ether oxygens (including phenoxy) is 2. The second-order valence-corrected chi connectivity index (χ2v) is 14.5. The minimum Gasteiger partial charge on any atom is -0.466 e. The predicted octanol–water partition coefficient (Wildman–Crippen LogP) is 7.42. The average Bonchev–Trinajstić information content (AvgIpc) is 3.23. The summed E-state index contributed by atoms with van der Waals surface area (Å²) < 4.78 is 9.52. The van der Waals surface area contributed by atoms with Gasteiger partial charge in [-0.15, -0.1) is 0 Å². The molecule has 8 heteroatoms. The van der Waals surface area contributed by atoms with Gasteiger partial charge in [-0.05, 0) is 58.7 Å². The topological polar surface area (TPSA) is 95.5 Å². The van der Waals surface area contributed by atoms with Crippen molar-refractivity contribution < 1.29 is 23.9 Å². The van der Waals surface area contributed by atoms with Crippen LogP contribution < -0.4 is 15.9 Å². The molecule has 7 aromatic rings. The molecule has 258 valence electrons. The number of methoxy groups -OCH3 is 2. The van der Waals surface area contributed by atoms with E-state index in [2.05, 4.69) is 51.1 Å². The zero-order valence-corrected chi connectivity index (χ0v) is 29.7. The van der Waals surface area contributed by atoms with Crippen molar-refractivity contribution >= 4 is 74.7 Å². The molecule has 0 aliphatic rings. The molecule has 5 aromatic carbocycles. The first kappa shape index (κ1) is 36.8. The number of para-hydroxylation sites is 2. The molecule has 0 unspecified atom stereocenters. The van der Waals surface area contributed by atoms with E-state index in [1.165, 1.54) is 20.3 Å². The summed E-state index contributed by atoms with van der Waals surface area (Å²) in [5.41, 5.74) is 3.36. The smallest absolute Gasteiger partial charge is 0.331 e. The third kappa shape index (κ3) is 9.42. The van der Waals surface area contributed by atoms with Gasteiger partial charge in [0.25, 0.3) is 0 Å². The zero-order valence-electron chi connectivity index (χ0n) is 28.8. The lowest BCUT2D eigenvalue weighted by molar-refractivity contribution is -0.135. The third-order valence-electron chi connectivity index (χ3n) is 7.96. The number of carbonyl (C=O) groups is 3. The lowest BCUT2D eigenvalue weighted by Crippen LogP contribution is -2.28. The van der Waals surface area contributed by atoms with Crippen LogP contribution in [0.4, 0.5) is 0 Å². The maximum atomic E-state index is 12.3. The normalized spacial score (nSPS) is 10.7. The molecular formula is C44H37N2O5P. The predicted molar refractivity (Wildman–Crippen MR) is 213 cm³/mol. The Morgan fingerprint density at radius 1 is 0.538 bits per heavy atom. The third-order valence-corrected chi connectivity index (χ3v) is 11.9. The highest BCUT2D eigenvalue weighted by molar-refractivity contribution is 7.95. The molecule has 0 saturated heterocycles. The van der Waals surface area contributed by atoms with Crippen molar-refractivity contribution in [2.24, 2.45) is 0 Å². The summed E-state index contributed by atoms with van der Waals surface area (Å²) in [7, 11) is 2.78. The van der Waals surface area contributed by atoms with E-state index in [0.717, 1.165) is 49.6 Å². The molecule has 0 atom stereocenters. The number of esters is 2. The van der Waals surface area contributed by atoms with Crippen LogP contribution in [0.2, 0.25) is 0 Å². The second-order valence-electron chi connectivity index (χ2n) is 11.3. The molecular weight excluding hydrogens is 667 g/mol. The number of aromatic nitrogens is 2. The molecule has 0 aliphatic carbocycles. The fourth-order valence-corrected chi connectivity index (χ4v) is 9.13. The van der Waals surface area contributed by atoms with Gasteiger partial charge in [0.05, 0.1) is 25.3 Å². The monoisotopic (exact) mass is 704 g/mol. The van der Waals surface area contributed by atoms with Gasteiger partial charge in [-0.2, -0.15) is 0 Å². The van der Waals surface area contributed by atoms with Crippen molar-refractivity contribution in [3.05, 3.63) is 181 Å². The van der Waals surface area contributed by atoms with Crippen LogP contribution in [-0.2, 0) is 19.1 Å². The summed E-state index contributed by atoms with van der Waals surface area (Å²) in [6, 6.07) is 50.0. The maximum Gasteiger partial charge on any atom is 0.331 e. The number of rotatable bonds is 7. The molecule has 0 aliphatic heterocycles. The summed E-state index contributed by atoms with van der Waals surface area (Å²) >= 11 is 0. The molecule has 2 aromatic heterocycles. The van der Waals surface area contributed by atoms with Gasteiger partial charge in [0.1, 0.15) is 0 Å². The van der Waals surface area contributed by atoms with Crippen LogP contribution in [0.15, 0.2) is 170 Å². The number of hydrogen-bond acceptors (Lipinski definition) is 7. The van der Waals surface area contributed by atoms with E-state index in [-0.39, 0.29) is 11.9 Å². The Hall–Kier alpha value is -6.43. The van der Waals surface area contributed by atoms with E-state index in [9.17, 15) is 14.4 Å². The van der Waals surface area contributed by atoms with E-state index in [1.807, 2.05) is 115 Å². The standard InChI is InChI=1S/C21H19O2P.C13H11NO2.C10H7NO/c1-23-21(22)17-24(18-11-5-2-6-12-18,19-13-7-3-8-14-19)20-15-9-4-10-16-20;1-16-13(15)7-6-10-8-11-4-2-3-5-12(11)14-9-10;12-7-8-5-9-3-1-2-4-10(9)11-6-8/h2-17H,1H3;2-9H,1H3;1-7H/b;7-6+;. The number of pyridine rings is 2. The minimum atomic E-state index is -2.23. The molecule has 2 heterocycles. The first-order chi connectivity index (χ1) is 25.5. The molecule has 0 radical (unpaired) electrons. The second kappa shape index (κ2) is 18.5. The summed E-state index contributed by atoms with van der Waals surface area (Å²) in [4.78, 5) is 42.0. The summed E-state index contributed by atoms with van der Waals surface area (Å²) in [6.45, 7) is -2.23. The fourth-order valence-electron chi connectivity index (χ4n) is 5.44. The van der Waals surface area contributed by atoms with Crippen molar-refractivity contribution in [2.75, 3.05) is 14.2 Å². The van der Waals surface area contributed by atoms with Crippen LogP contribution in [0.3, 0.4) is 0 Å². The minimum absolute atomic E-state index is 0.306. The van der Waals surface area contributed by atoms with Crippen molar-refractivity contribution in [3.8, 4) is 0 Å². The van der Waals surface area contributed by atoms with Gasteiger partial charge >= 0.3 is 11.9 Å². The van der Waals surface area contributed by atoms with Gasteiger partial charge in [0.15, 0.2) is 6.29 Å². The van der Waals surface area contributed by atoms with E-state index in [4.69, 9.17) is 4.74 Å². The first-order valence-corrected chi connectivity index (χ1v) is 18.2. The number of nitrogens with zero attached hydrogens (tertiary/aromatic N) is 2. The number of fused-ring (bicyclic) bond motifs is 2. The van der Waals surface area contributed by atoms with Crippen LogP contribution in [0, 0.1) is 0 Å². The maximum absolute atomic E-state index is 12.3. The molecule has 0 saturated carbocycles. The van der Waals surface area contributed by atoms with Gasteiger partial charge < -0.3 is 9.47 Å². The highest BCUT2D eigenvalue weighted by atomic mass is 31.2. The van der Waals surface area contributed by atoms with Crippen LogP contribution in [0.1, 0.15) is 15.9 Å². The van der Waals surface area contributed by atoms with E-state index in [1.54, 1.807) is 24.3 Å². The highest BCUT2D eigenvalue weighted by Crippen LogP contribution is 2.43. The van der Waals surface area contributed by atoms with Gasteiger partial charge in [-0.1, -0.05) is 127 Å². The van der Waals surface area contributed by atoms with Crippen LogP contribution in [0.5, 0.6) is 0 Å². The Morgan fingerprint density at radius 3 is 1.38 bits per heavy atom. The van der Waals surface area contributed by atoms with E-state index < -0.39 is 6.89 Å².